The summed E-state index contributed by atoms with van der Waals surface area (Å²) in [5, 5.41) is 9.31. The first-order valence-corrected chi connectivity index (χ1v) is 5.01. The summed E-state index contributed by atoms with van der Waals surface area (Å²) in [5.74, 6) is -0.771. The molecule has 0 atom stereocenters. The van der Waals surface area contributed by atoms with Gasteiger partial charge >= 0.3 is 5.97 Å². The third-order valence-electron chi connectivity index (χ3n) is 2.18. The molecule has 14 heavy (non-hydrogen) atoms. The predicted octanol–water partition coefficient (Wildman–Crippen LogP) is 2.92. The second-order valence-electron chi connectivity index (χ2n) is 3.12. The van der Waals surface area contributed by atoms with E-state index in [2.05, 4.69) is 0 Å². The molecule has 0 aliphatic rings. The standard InChI is InChI=1S/C11H13ClO2/c1-2-9-8(6-7-11(13)14)4-3-5-10(9)12/h3-5H,2,6-7H2,1H3,(H,13,14). The van der Waals surface area contributed by atoms with Crippen molar-refractivity contribution in [3.8, 4) is 0 Å². The summed E-state index contributed by atoms with van der Waals surface area (Å²) in [4.78, 5) is 10.4. The van der Waals surface area contributed by atoms with Crippen molar-refractivity contribution in [3.63, 3.8) is 0 Å². The average Bonchev–Trinajstić information content (AvgIpc) is 2.14. The highest BCUT2D eigenvalue weighted by Crippen LogP contribution is 2.21. The van der Waals surface area contributed by atoms with Crippen molar-refractivity contribution in [3.05, 3.63) is 34.3 Å². The van der Waals surface area contributed by atoms with Crippen LogP contribution in [0.5, 0.6) is 0 Å². The van der Waals surface area contributed by atoms with Crippen molar-refractivity contribution in [2.45, 2.75) is 26.2 Å². The van der Waals surface area contributed by atoms with Gasteiger partial charge in [-0.3, -0.25) is 4.79 Å². The molecule has 0 radical (unpaired) electrons. The maximum atomic E-state index is 10.4. The first-order chi connectivity index (χ1) is 6.65. The fourth-order valence-corrected chi connectivity index (χ4v) is 1.80. The number of carboxylic acid groups (broad SMARTS) is 1. The van der Waals surface area contributed by atoms with Gasteiger partial charge in [-0.1, -0.05) is 30.7 Å². The Morgan fingerprint density at radius 3 is 2.79 bits per heavy atom. The SMILES string of the molecule is CCc1c(Cl)cccc1CCC(=O)O. The van der Waals surface area contributed by atoms with Crippen molar-refractivity contribution in [1.29, 1.82) is 0 Å². The second-order valence-corrected chi connectivity index (χ2v) is 3.53. The van der Waals surface area contributed by atoms with Crippen LogP contribution >= 0.6 is 11.6 Å². The highest BCUT2D eigenvalue weighted by Gasteiger charge is 2.06. The maximum absolute atomic E-state index is 10.4. The van der Waals surface area contributed by atoms with Crippen LogP contribution in [0.4, 0.5) is 0 Å². The molecule has 3 heteroatoms. The molecular weight excluding hydrogens is 200 g/mol. The monoisotopic (exact) mass is 212 g/mol. The van der Waals surface area contributed by atoms with Gasteiger partial charge in [0, 0.05) is 11.4 Å². The Morgan fingerprint density at radius 1 is 1.50 bits per heavy atom. The summed E-state index contributed by atoms with van der Waals surface area (Å²) in [6.45, 7) is 2.02. The van der Waals surface area contributed by atoms with Gasteiger partial charge in [-0.25, -0.2) is 0 Å². The number of rotatable bonds is 4. The van der Waals surface area contributed by atoms with E-state index in [9.17, 15) is 4.79 Å². The quantitative estimate of drug-likeness (QED) is 0.833. The zero-order chi connectivity index (χ0) is 10.6. The van der Waals surface area contributed by atoms with Gasteiger partial charge in [0.25, 0.3) is 0 Å². The number of halogens is 1. The van der Waals surface area contributed by atoms with Crippen LogP contribution in [-0.4, -0.2) is 11.1 Å². The fourth-order valence-electron chi connectivity index (χ4n) is 1.48. The van der Waals surface area contributed by atoms with Crippen LogP contribution in [0.2, 0.25) is 5.02 Å². The Labute approximate surface area is 88.5 Å². The molecule has 0 amide bonds. The number of carbonyl (C=O) groups is 1. The summed E-state index contributed by atoms with van der Waals surface area (Å²) in [7, 11) is 0. The van der Waals surface area contributed by atoms with Crippen LogP contribution < -0.4 is 0 Å². The molecule has 1 N–H and O–H groups in total. The summed E-state index contributed by atoms with van der Waals surface area (Å²) in [5.41, 5.74) is 2.11. The lowest BCUT2D eigenvalue weighted by molar-refractivity contribution is -0.136. The lowest BCUT2D eigenvalue weighted by atomic mass is 10.0. The minimum Gasteiger partial charge on any atom is -0.481 e. The number of benzene rings is 1. The average molecular weight is 213 g/mol. The van der Waals surface area contributed by atoms with Gasteiger partial charge in [0.2, 0.25) is 0 Å². The smallest absolute Gasteiger partial charge is 0.303 e. The number of hydrogen-bond acceptors (Lipinski definition) is 1. The molecule has 1 aromatic carbocycles. The molecule has 0 spiro atoms. The summed E-state index contributed by atoms with van der Waals surface area (Å²) in [6, 6.07) is 5.64. The zero-order valence-electron chi connectivity index (χ0n) is 8.09. The van der Waals surface area contributed by atoms with Crippen LogP contribution in [0.25, 0.3) is 0 Å². The molecule has 0 unspecified atom stereocenters. The van der Waals surface area contributed by atoms with Crippen LogP contribution in [0.1, 0.15) is 24.5 Å². The van der Waals surface area contributed by atoms with E-state index in [0.29, 0.717) is 6.42 Å². The van der Waals surface area contributed by atoms with E-state index in [1.807, 2.05) is 25.1 Å². The van der Waals surface area contributed by atoms with Gasteiger partial charge in [0.1, 0.15) is 0 Å². The van der Waals surface area contributed by atoms with Gasteiger partial charge < -0.3 is 5.11 Å². The normalized spacial score (nSPS) is 10.1. The van der Waals surface area contributed by atoms with Crippen molar-refractivity contribution in [1.82, 2.24) is 0 Å². The zero-order valence-corrected chi connectivity index (χ0v) is 8.84. The first kappa shape index (κ1) is 11.1. The van der Waals surface area contributed by atoms with E-state index < -0.39 is 5.97 Å². The Balaban J connectivity index is 2.85. The Kier molecular flexibility index (Phi) is 3.96. The predicted molar refractivity (Wildman–Crippen MR) is 56.8 cm³/mol. The highest BCUT2D eigenvalue weighted by molar-refractivity contribution is 6.31. The van der Waals surface area contributed by atoms with Crippen molar-refractivity contribution >= 4 is 17.6 Å². The molecule has 2 nitrogen and oxygen atoms in total. The maximum Gasteiger partial charge on any atom is 0.303 e. The molecule has 76 valence electrons. The van der Waals surface area contributed by atoms with Gasteiger partial charge in [-0.2, -0.15) is 0 Å². The topological polar surface area (TPSA) is 37.3 Å². The third kappa shape index (κ3) is 2.74. The fraction of sp³-hybridized carbons (Fsp3) is 0.364. The minimum atomic E-state index is -0.771. The van der Waals surface area contributed by atoms with Gasteiger partial charge in [0.05, 0.1) is 0 Å². The van der Waals surface area contributed by atoms with Crippen LogP contribution in [0.3, 0.4) is 0 Å². The Morgan fingerprint density at radius 2 is 2.21 bits per heavy atom. The van der Waals surface area contributed by atoms with Crippen LogP contribution in [0.15, 0.2) is 18.2 Å². The molecule has 0 saturated carbocycles. The Hall–Kier alpha value is -1.02. The molecule has 0 bridgehead atoms. The van der Waals surface area contributed by atoms with Crippen molar-refractivity contribution in [2.75, 3.05) is 0 Å². The van der Waals surface area contributed by atoms with E-state index in [1.165, 1.54) is 0 Å². The van der Waals surface area contributed by atoms with E-state index >= 15 is 0 Å². The van der Waals surface area contributed by atoms with E-state index in [4.69, 9.17) is 16.7 Å². The van der Waals surface area contributed by atoms with Crippen molar-refractivity contribution in [2.24, 2.45) is 0 Å². The minimum absolute atomic E-state index is 0.160. The first-order valence-electron chi connectivity index (χ1n) is 4.63. The molecule has 0 aliphatic carbocycles. The third-order valence-corrected chi connectivity index (χ3v) is 2.53. The van der Waals surface area contributed by atoms with E-state index in [0.717, 1.165) is 22.6 Å². The lowest BCUT2D eigenvalue weighted by Gasteiger charge is -2.07. The second kappa shape index (κ2) is 5.01. The number of aryl methyl sites for hydroxylation is 1. The highest BCUT2D eigenvalue weighted by atomic mass is 35.5. The molecular formula is C11H13ClO2. The van der Waals surface area contributed by atoms with E-state index in [-0.39, 0.29) is 6.42 Å². The van der Waals surface area contributed by atoms with Gasteiger partial charge in [0.15, 0.2) is 0 Å². The van der Waals surface area contributed by atoms with E-state index in [1.54, 1.807) is 0 Å². The van der Waals surface area contributed by atoms with Crippen LogP contribution in [-0.2, 0) is 17.6 Å². The molecule has 1 aromatic rings. The molecule has 1 rings (SSSR count). The molecule has 0 heterocycles. The van der Waals surface area contributed by atoms with Crippen molar-refractivity contribution < 1.29 is 9.90 Å². The molecule has 0 fully saturated rings. The number of carboxylic acids is 1. The Bertz CT molecular complexity index is 334. The summed E-state index contributed by atoms with van der Waals surface area (Å²) < 4.78 is 0. The summed E-state index contributed by atoms with van der Waals surface area (Å²) >= 11 is 6.00. The lowest BCUT2D eigenvalue weighted by Crippen LogP contribution is -2.00. The number of hydrogen-bond donors (Lipinski definition) is 1. The molecule has 0 aromatic heterocycles. The summed E-state index contributed by atoms with van der Waals surface area (Å²) in [6.07, 6.45) is 1.56. The number of aliphatic carboxylic acids is 1. The van der Waals surface area contributed by atoms with Gasteiger partial charge in [-0.05, 0) is 30.0 Å². The molecule has 0 aliphatic heterocycles. The van der Waals surface area contributed by atoms with Crippen LogP contribution in [0, 0.1) is 0 Å². The molecule has 0 saturated heterocycles. The largest absolute Gasteiger partial charge is 0.481 e. The van der Waals surface area contributed by atoms with Gasteiger partial charge in [-0.15, -0.1) is 0 Å².